The van der Waals surface area contributed by atoms with Crippen LogP contribution < -0.4 is 15.2 Å². The molecule has 0 fully saturated rings. The normalized spacial score (nSPS) is 10.3. The van der Waals surface area contributed by atoms with Crippen LogP contribution in [0.1, 0.15) is 18.1 Å². The number of hydrogen-bond donors (Lipinski definition) is 1. The van der Waals surface area contributed by atoms with Crippen LogP contribution in [0.15, 0.2) is 36.4 Å². The molecule has 2 aromatic carbocycles. The van der Waals surface area contributed by atoms with Crippen molar-refractivity contribution in [2.75, 3.05) is 6.61 Å². The maximum absolute atomic E-state index is 12.9. The molecule has 0 saturated heterocycles. The van der Waals surface area contributed by atoms with Gasteiger partial charge in [0, 0.05) is 5.56 Å². The van der Waals surface area contributed by atoms with Crippen LogP contribution in [-0.4, -0.2) is 11.6 Å². The number of rotatable bonds is 6. The average Bonchev–Trinajstić information content (AvgIpc) is 2.48. The summed E-state index contributed by atoms with van der Waals surface area (Å²) in [5, 5.41) is 0.357. The minimum absolute atomic E-state index is 0.230. The van der Waals surface area contributed by atoms with Crippen molar-refractivity contribution in [2.45, 2.75) is 13.5 Å². The first-order chi connectivity index (χ1) is 10.5. The molecular formula is C16H15ClFNO2S. The van der Waals surface area contributed by atoms with Crippen molar-refractivity contribution in [1.29, 1.82) is 0 Å². The molecular weight excluding hydrogens is 325 g/mol. The smallest absolute Gasteiger partial charge is 0.180 e. The van der Waals surface area contributed by atoms with E-state index in [4.69, 9.17) is 39.0 Å². The summed E-state index contributed by atoms with van der Waals surface area (Å²) in [6.07, 6.45) is 0. The number of benzene rings is 2. The number of ether oxygens (including phenoxy) is 2. The highest BCUT2D eigenvalue weighted by Crippen LogP contribution is 2.37. The molecule has 0 spiro atoms. The Bertz CT molecular complexity index is 677. The molecule has 0 saturated carbocycles. The maximum atomic E-state index is 12.9. The topological polar surface area (TPSA) is 44.5 Å². The van der Waals surface area contributed by atoms with Crippen molar-refractivity contribution in [1.82, 2.24) is 0 Å². The summed E-state index contributed by atoms with van der Waals surface area (Å²) in [7, 11) is 0. The second kappa shape index (κ2) is 7.42. The third-order valence-electron chi connectivity index (χ3n) is 2.89. The third kappa shape index (κ3) is 4.08. The summed E-state index contributed by atoms with van der Waals surface area (Å²) in [5.41, 5.74) is 7.04. The Hall–Kier alpha value is -1.85. The predicted molar refractivity (Wildman–Crippen MR) is 89.2 cm³/mol. The molecule has 0 aliphatic heterocycles. The minimum atomic E-state index is -0.294. The molecule has 0 heterocycles. The van der Waals surface area contributed by atoms with Gasteiger partial charge >= 0.3 is 0 Å². The van der Waals surface area contributed by atoms with Crippen LogP contribution in [0, 0.1) is 5.82 Å². The van der Waals surface area contributed by atoms with Gasteiger partial charge in [-0.3, -0.25) is 0 Å². The fraction of sp³-hybridized carbons (Fsp3) is 0.188. The van der Waals surface area contributed by atoms with Gasteiger partial charge in [0.1, 0.15) is 17.4 Å². The minimum Gasteiger partial charge on any atom is -0.490 e. The van der Waals surface area contributed by atoms with E-state index in [1.807, 2.05) is 6.92 Å². The van der Waals surface area contributed by atoms with E-state index in [-0.39, 0.29) is 17.4 Å². The summed E-state index contributed by atoms with van der Waals surface area (Å²) in [6.45, 7) is 2.54. The van der Waals surface area contributed by atoms with Crippen molar-refractivity contribution >= 4 is 28.8 Å². The first kappa shape index (κ1) is 16.5. The number of thiocarbonyl (C=S) groups is 1. The van der Waals surface area contributed by atoms with Gasteiger partial charge in [-0.15, -0.1) is 0 Å². The Balaban J connectivity index is 2.25. The molecule has 6 heteroatoms. The van der Waals surface area contributed by atoms with Crippen LogP contribution >= 0.6 is 23.8 Å². The average molecular weight is 340 g/mol. The quantitative estimate of drug-likeness (QED) is 0.805. The van der Waals surface area contributed by atoms with Gasteiger partial charge in [0.25, 0.3) is 0 Å². The van der Waals surface area contributed by atoms with Crippen LogP contribution in [0.3, 0.4) is 0 Å². The van der Waals surface area contributed by atoms with Crippen molar-refractivity contribution in [3.8, 4) is 11.5 Å². The molecule has 3 nitrogen and oxygen atoms in total. The molecule has 0 amide bonds. The van der Waals surface area contributed by atoms with Crippen LogP contribution in [0.4, 0.5) is 4.39 Å². The zero-order valence-electron chi connectivity index (χ0n) is 11.9. The van der Waals surface area contributed by atoms with E-state index in [0.717, 1.165) is 5.56 Å². The van der Waals surface area contributed by atoms with E-state index in [1.165, 1.54) is 12.1 Å². The zero-order valence-corrected chi connectivity index (χ0v) is 13.5. The summed E-state index contributed by atoms with van der Waals surface area (Å²) in [6, 6.07) is 9.36. The molecule has 2 rings (SSSR count). The zero-order chi connectivity index (χ0) is 16.1. The maximum Gasteiger partial charge on any atom is 0.180 e. The van der Waals surface area contributed by atoms with Crippen LogP contribution in [0.5, 0.6) is 11.5 Å². The highest BCUT2D eigenvalue weighted by atomic mass is 35.5. The fourth-order valence-electron chi connectivity index (χ4n) is 1.85. The summed E-state index contributed by atoms with van der Waals surface area (Å²) in [5.74, 6) is 0.588. The monoisotopic (exact) mass is 339 g/mol. The Morgan fingerprint density at radius 3 is 2.50 bits per heavy atom. The van der Waals surface area contributed by atoms with Crippen LogP contribution in [0.2, 0.25) is 5.02 Å². The molecule has 116 valence electrons. The van der Waals surface area contributed by atoms with Gasteiger partial charge in [-0.05, 0) is 36.8 Å². The van der Waals surface area contributed by atoms with Gasteiger partial charge in [0.2, 0.25) is 0 Å². The van der Waals surface area contributed by atoms with Crippen molar-refractivity contribution in [3.63, 3.8) is 0 Å². The van der Waals surface area contributed by atoms with E-state index < -0.39 is 0 Å². The van der Waals surface area contributed by atoms with Crippen LogP contribution in [0.25, 0.3) is 0 Å². The highest BCUT2D eigenvalue weighted by molar-refractivity contribution is 7.80. The van der Waals surface area contributed by atoms with E-state index in [2.05, 4.69) is 0 Å². The van der Waals surface area contributed by atoms with Crippen molar-refractivity contribution in [2.24, 2.45) is 5.73 Å². The van der Waals surface area contributed by atoms with Gasteiger partial charge < -0.3 is 15.2 Å². The Kier molecular flexibility index (Phi) is 5.57. The lowest BCUT2D eigenvalue weighted by Gasteiger charge is -2.15. The lowest BCUT2D eigenvalue weighted by atomic mass is 10.2. The molecule has 0 radical (unpaired) electrons. The third-order valence-corrected chi connectivity index (χ3v) is 3.41. The van der Waals surface area contributed by atoms with Gasteiger partial charge in [0.05, 0.1) is 11.6 Å². The van der Waals surface area contributed by atoms with E-state index >= 15 is 0 Å². The van der Waals surface area contributed by atoms with Crippen LogP contribution in [-0.2, 0) is 6.61 Å². The molecule has 0 aromatic heterocycles. The molecule has 0 atom stereocenters. The largest absolute Gasteiger partial charge is 0.490 e. The summed E-state index contributed by atoms with van der Waals surface area (Å²) >= 11 is 11.2. The Labute approximate surface area is 138 Å². The van der Waals surface area contributed by atoms with Gasteiger partial charge in [-0.25, -0.2) is 4.39 Å². The predicted octanol–water partition coefficient (Wildman–Crippen LogP) is 4.09. The highest BCUT2D eigenvalue weighted by Gasteiger charge is 2.14. The second-order valence-corrected chi connectivity index (χ2v) is 5.34. The molecule has 22 heavy (non-hydrogen) atoms. The number of hydrogen-bond acceptors (Lipinski definition) is 3. The van der Waals surface area contributed by atoms with Crippen molar-refractivity contribution < 1.29 is 13.9 Å². The lowest BCUT2D eigenvalue weighted by Crippen LogP contribution is -2.10. The van der Waals surface area contributed by atoms with Crippen molar-refractivity contribution in [3.05, 3.63) is 58.4 Å². The molecule has 2 N–H and O–H groups in total. The Morgan fingerprint density at radius 2 is 1.91 bits per heavy atom. The molecule has 0 bridgehead atoms. The molecule has 2 aromatic rings. The van der Waals surface area contributed by atoms with Gasteiger partial charge in [0.15, 0.2) is 11.5 Å². The lowest BCUT2D eigenvalue weighted by molar-refractivity contribution is 0.269. The molecule has 0 unspecified atom stereocenters. The standard InChI is InChI=1S/C16H15ClFNO2S/c1-2-20-14-8-11(16(19)22)7-13(17)15(14)21-9-10-3-5-12(18)6-4-10/h3-8H,2,9H2,1H3,(H2,19,22). The fourth-order valence-corrected chi connectivity index (χ4v) is 2.23. The van der Waals surface area contributed by atoms with Gasteiger partial charge in [-0.2, -0.15) is 0 Å². The first-order valence-corrected chi connectivity index (χ1v) is 7.43. The summed E-state index contributed by atoms with van der Waals surface area (Å²) < 4.78 is 24.1. The van der Waals surface area contributed by atoms with E-state index in [1.54, 1.807) is 24.3 Å². The molecule has 0 aliphatic rings. The second-order valence-electron chi connectivity index (χ2n) is 4.50. The first-order valence-electron chi connectivity index (χ1n) is 6.64. The summed E-state index contributed by atoms with van der Waals surface area (Å²) in [4.78, 5) is 0.230. The number of nitrogens with two attached hydrogens (primary N) is 1. The van der Waals surface area contributed by atoms with Gasteiger partial charge in [-0.1, -0.05) is 36.0 Å². The molecule has 0 aliphatic carbocycles. The number of halogens is 2. The SMILES string of the molecule is CCOc1cc(C(N)=S)cc(Cl)c1OCc1ccc(F)cc1. The van der Waals surface area contributed by atoms with E-state index in [9.17, 15) is 4.39 Å². The van der Waals surface area contributed by atoms with E-state index in [0.29, 0.717) is 28.7 Å². The Morgan fingerprint density at radius 1 is 1.23 bits per heavy atom.